The van der Waals surface area contributed by atoms with Crippen molar-refractivity contribution in [3.63, 3.8) is 0 Å². The number of halogens is 3. The van der Waals surface area contributed by atoms with Crippen LogP contribution in [0.5, 0.6) is 0 Å². The molecule has 1 aromatic heterocycles. The maximum absolute atomic E-state index is 12.1. The zero-order chi connectivity index (χ0) is 12.2. The van der Waals surface area contributed by atoms with E-state index in [1.807, 2.05) is 0 Å². The third kappa shape index (κ3) is 3.72. The Labute approximate surface area is 89.8 Å². The first-order valence-corrected chi connectivity index (χ1v) is 4.37. The molecule has 0 bridgehead atoms. The zero-order valence-corrected chi connectivity index (χ0v) is 8.16. The number of aromatic nitrogens is 1. The molecule has 0 aliphatic carbocycles. The molecule has 0 spiro atoms. The van der Waals surface area contributed by atoms with Crippen LogP contribution >= 0.6 is 0 Å². The molecular weight excluding hydrogens is 221 g/mol. The first kappa shape index (κ1) is 12.2. The third-order valence-electron chi connectivity index (χ3n) is 1.71. The molecule has 16 heavy (non-hydrogen) atoms. The van der Waals surface area contributed by atoms with Crippen LogP contribution in [0.15, 0.2) is 24.4 Å². The minimum atomic E-state index is -4.44. The van der Waals surface area contributed by atoms with Crippen molar-refractivity contribution in [2.75, 3.05) is 0 Å². The van der Waals surface area contributed by atoms with E-state index in [4.69, 9.17) is 5.73 Å². The molecular formula is C10H9F3N2O. The van der Waals surface area contributed by atoms with E-state index in [1.165, 1.54) is 18.2 Å². The van der Waals surface area contributed by atoms with Crippen LogP contribution < -0.4 is 5.73 Å². The standard InChI is InChI=1S/C10H9F3N2O/c11-10(12,13)8-5-4-7(6-15-8)2-1-3-9(14)16/h1-2,4-6H,3H2,(H2,14,16). The molecule has 2 N–H and O–H groups in total. The van der Waals surface area contributed by atoms with Crippen molar-refractivity contribution in [1.29, 1.82) is 0 Å². The van der Waals surface area contributed by atoms with Gasteiger partial charge in [0.15, 0.2) is 0 Å². The van der Waals surface area contributed by atoms with Crippen molar-refractivity contribution < 1.29 is 18.0 Å². The average molecular weight is 230 g/mol. The number of carbonyl (C=O) groups is 1. The number of nitrogens with zero attached hydrogens (tertiary/aromatic N) is 1. The highest BCUT2D eigenvalue weighted by Crippen LogP contribution is 2.27. The Kier molecular flexibility index (Phi) is 3.65. The lowest BCUT2D eigenvalue weighted by atomic mass is 10.2. The van der Waals surface area contributed by atoms with Crippen LogP contribution in [0, 0.1) is 0 Å². The fourth-order valence-corrected chi connectivity index (χ4v) is 0.983. The second kappa shape index (κ2) is 4.78. The second-order valence-electron chi connectivity index (χ2n) is 3.05. The van der Waals surface area contributed by atoms with Crippen LogP contribution in [0.1, 0.15) is 17.7 Å². The normalized spacial score (nSPS) is 11.9. The third-order valence-corrected chi connectivity index (χ3v) is 1.71. The molecule has 0 saturated heterocycles. The van der Waals surface area contributed by atoms with Gasteiger partial charge in [-0.15, -0.1) is 0 Å². The summed E-state index contributed by atoms with van der Waals surface area (Å²) in [6, 6.07) is 2.15. The average Bonchev–Trinajstić information content (AvgIpc) is 2.16. The Morgan fingerprint density at radius 1 is 1.44 bits per heavy atom. The SMILES string of the molecule is NC(=O)CC=Cc1ccc(C(F)(F)F)nc1. The van der Waals surface area contributed by atoms with Gasteiger partial charge < -0.3 is 5.73 Å². The molecule has 0 atom stereocenters. The quantitative estimate of drug-likeness (QED) is 0.863. The molecule has 0 saturated carbocycles. The van der Waals surface area contributed by atoms with E-state index in [0.29, 0.717) is 5.56 Å². The van der Waals surface area contributed by atoms with Gasteiger partial charge in [0.25, 0.3) is 0 Å². The Morgan fingerprint density at radius 2 is 2.12 bits per heavy atom. The zero-order valence-electron chi connectivity index (χ0n) is 8.16. The van der Waals surface area contributed by atoms with Crippen molar-refractivity contribution in [2.24, 2.45) is 5.73 Å². The molecule has 1 heterocycles. The molecule has 0 fully saturated rings. The number of pyridine rings is 1. The summed E-state index contributed by atoms with van der Waals surface area (Å²) in [5, 5.41) is 0. The lowest BCUT2D eigenvalue weighted by molar-refractivity contribution is -0.141. The topological polar surface area (TPSA) is 56.0 Å². The molecule has 86 valence electrons. The maximum atomic E-state index is 12.1. The predicted octanol–water partition coefficient (Wildman–Crippen LogP) is 1.99. The van der Waals surface area contributed by atoms with E-state index in [1.54, 1.807) is 0 Å². The lowest BCUT2D eigenvalue weighted by Crippen LogP contribution is -2.08. The van der Waals surface area contributed by atoms with Crippen molar-refractivity contribution in [2.45, 2.75) is 12.6 Å². The first-order valence-electron chi connectivity index (χ1n) is 4.37. The highest BCUT2D eigenvalue weighted by Gasteiger charge is 2.31. The minimum absolute atomic E-state index is 0.0427. The van der Waals surface area contributed by atoms with Crippen LogP contribution in [-0.4, -0.2) is 10.9 Å². The molecule has 0 radical (unpaired) electrons. The van der Waals surface area contributed by atoms with E-state index in [9.17, 15) is 18.0 Å². The van der Waals surface area contributed by atoms with E-state index < -0.39 is 17.8 Å². The van der Waals surface area contributed by atoms with Gasteiger partial charge in [-0.05, 0) is 11.6 Å². The number of hydrogen-bond donors (Lipinski definition) is 1. The van der Waals surface area contributed by atoms with Gasteiger partial charge in [-0.25, -0.2) is 0 Å². The minimum Gasteiger partial charge on any atom is -0.369 e. The first-order chi connectivity index (χ1) is 7.39. The summed E-state index contributed by atoms with van der Waals surface area (Å²) >= 11 is 0. The fraction of sp³-hybridized carbons (Fsp3) is 0.200. The van der Waals surface area contributed by atoms with Crippen LogP contribution in [0.25, 0.3) is 6.08 Å². The Morgan fingerprint density at radius 3 is 2.56 bits per heavy atom. The van der Waals surface area contributed by atoms with Crippen molar-refractivity contribution in [1.82, 2.24) is 4.98 Å². The molecule has 0 unspecified atom stereocenters. The van der Waals surface area contributed by atoms with Crippen LogP contribution in [0.4, 0.5) is 13.2 Å². The van der Waals surface area contributed by atoms with Crippen molar-refractivity contribution >= 4 is 12.0 Å². The number of nitrogens with two attached hydrogens (primary N) is 1. The number of primary amides is 1. The summed E-state index contributed by atoms with van der Waals surface area (Å²) in [4.78, 5) is 13.6. The van der Waals surface area contributed by atoms with Crippen LogP contribution in [0.2, 0.25) is 0 Å². The van der Waals surface area contributed by atoms with Crippen molar-refractivity contribution in [3.05, 3.63) is 35.7 Å². The summed E-state index contributed by atoms with van der Waals surface area (Å²) in [7, 11) is 0. The van der Waals surface area contributed by atoms with Crippen LogP contribution in [0.3, 0.4) is 0 Å². The van der Waals surface area contributed by atoms with Gasteiger partial charge in [-0.2, -0.15) is 13.2 Å². The van der Waals surface area contributed by atoms with E-state index in [2.05, 4.69) is 4.98 Å². The monoisotopic (exact) mass is 230 g/mol. The van der Waals surface area contributed by atoms with Crippen molar-refractivity contribution in [3.8, 4) is 0 Å². The molecule has 0 aliphatic heterocycles. The van der Waals surface area contributed by atoms with Gasteiger partial charge >= 0.3 is 6.18 Å². The fourth-order valence-electron chi connectivity index (χ4n) is 0.983. The van der Waals surface area contributed by atoms with E-state index in [0.717, 1.165) is 12.3 Å². The second-order valence-corrected chi connectivity index (χ2v) is 3.05. The van der Waals surface area contributed by atoms with E-state index in [-0.39, 0.29) is 6.42 Å². The highest BCUT2D eigenvalue weighted by molar-refractivity contribution is 5.76. The summed E-state index contributed by atoms with van der Waals surface area (Å²) in [6.45, 7) is 0. The van der Waals surface area contributed by atoms with Gasteiger partial charge in [-0.3, -0.25) is 9.78 Å². The summed E-state index contributed by atoms with van der Waals surface area (Å²) < 4.78 is 36.4. The molecule has 1 aromatic rings. The van der Waals surface area contributed by atoms with Gasteiger partial charge in [0, 0.05) is 12.6 Å². The number of rotatable bonds is 3. The van der Waals surface area contributed by atoms with Gasteiger partial charge in [0.1, 0.15) is 5.69 Å². The van der Waals surface area contributed by atoms with Crippen LogP contribution in [-0.2, 0) is 11.0 Å². The maximum Gasteiger partial charge on any atom is 0.433 e. The highest BCUT2D eigenvalue weighted by atomic mass is 19.4. The summed E-state index contributed by atoms with van der Waals surface area (Å²) in [5.41, 5.74) is 4.42. The largest absolute Gasteiger partial charge is 0.433 e. The Bertz CT molecular complexity index is 396. The van der Waals surface area contributed by atoms with Gasteiger partial charge in [-0.1, -0.05) is 18.2 Å². The van der Waals surface area contributed by atoms with Gasteiger partial charge in [0.2, 0.25) is 5.91 Å². The smallest absolute Gasteiger partial charge is 0.369 e. The molecule has 3 nitrogen and oxygen atoms in total. The number of hydrogen-bond acceptors (Lipinski definition) is 2. The Hall–Kier alpha value is -1.85. The molecule has 1 amide bonds. The number of amides is 1. The summed E-state index contributed by atoms with van der Waals surface area (Å²) in [6.07, 6.45) is -0.360. The number of alkyl halides is 3. The molecule has 1 rings (SSSR count). The lowest BCUT2D eigenvalue weighted by Gasteiger charge is -2.04. The Balaban J connectivity index is 2.72. The molecule has 6 heteroatoms. The van der Waals surface area contributed by atoms with Gasteiger partial charge in [0.05, 0.1) is 0 Å². The number of carbonyl (C=O) groups excluding carboxylic acids is 1. The molecule has 0 aromatic carbocycles. The predicted molar refractivity (Wildman–Crippen MR) is 52.1 cm³/mol. The summed E-state index contributed by atoms with van der Waals surface area (Å²) in [5.74, 6) is -0.504. The molecule has 0 aliphatic rings. The van der Waals surface area contributed by atoms with E-state index >= 15 is 0 Å².